The third kappa shape index (κ3) is 4.29. The van der Waals surface area contributed by atoms with Crippen molar-refractivity contribution in [2.45, 2.75) is 39.2 Å². The first kappa shape index (κ1) is 19.5. The molecule has 1 unspecified atom stereocenters. The number of ether oxygens (including phenoxy) is 1. The zero-order valence-corrected chi connectivity index (χ0v) is 17.1. The van der Waals surface area contributed by atoms with Gasteiger partial charge >= 0.3 is 0 Å². The molecule has 0 aromatic heterocycles. The Kier molecular flexibility index (Phi) is 5.56. The molecule has 0 spiro atoms. The lowest BCUT2D eigenvalue weighted by molar-refractivity contribution is -0.134. The van der Waals surface area contributed by atoms with Gasteiger partial charge in [0.2, 0.25) is 5.91 Å². The van der Waals surface area contributed by atoms with Gasteiger partial charge in [0, 0.05) is 19.0 Å². The van der Waals surface area contributed by atoms with Crippen molar-refractivity contribution in [2.75, 3.05) is 19.7 Å². The van der Waals surface area contributed by atoms with Crippen molar-refractivity contribution in [3.8, 4) is 5.75 Å². The number of fused-ring (bicyclic) bond motifs is 1. The van der Waals surface area contributed by atoms with E-state index in [1.54, 1.807) is 0 Å². The van der Waals surface area contributed by atoms with Crippen molar-refractivity contribution in [1.29, 1.82) is 0 Å². The Morgan fingerprint density at radius 2 is 1.90 bits per heavy atom. The van der Waals surface area contributed by atoms with Crippen LogP contribution in [0.25, 0.3) is 0 Å². The zero-order valence-electron chi connectivity index (χ0n) is 17.1. The first-order valence-electron chi connectivity index (χ1n) is 10.5. The van der Waals surface area contributed by atoms with E-state index in [-0.39, 0.29) is 30.4 Å². The summed E-state index contributed by atoms with van der Waals surface area (Å²) in [6.07, 6.45) is 2.84. The van der Waals surface area contributed by atoms with E-state index < -0.39 is 0 Å². The van der Waals surface area contributed by atoms with E-state index >= 15 is 0 Å². The van der Waals surface area contributed by atoms with Gasteiger partial charge in [-0.05, 0) is 61.9 Å². The second kappa shape index (κ2) is 8.27. The first-order chi connectivity index (χ1) is 14.1. The molecule has 0 radical (unpaired) electrons. The predicted molar refractivity (Wildman–Crippen MR) is 112 cm³/mol. The number of nitrogens with zero attached hydrogens (tertiary/aromatic N) is 1. The summed E-state index contributed by atoms with van der Waals surface area (Å²) in [6.45, 7) is 5.26. The molecule has 5 nitrogen and oxygen atoms in total. The highest BCUT2D eigenvalue weighted by Crippen LogP contribution is 2.41. The normalized spacial score (nSPS) is 18.1. The van der Waals surface area contributed by atoms with Crippen LogP contribution in [0.5, 0.6) is 5.75 Å². The van der Waals surface area contributed by atoms with Crippen molar-refractivity contribution in [3.05, 3.63) is 64.7 Å². The Morgan fingerprint density at radius 3 is 2.59 bits per heavy atom. The van der Waals surface area contributed by atoms with Gasteiger partial charge in [0.25, 0.3) is 5.91 Å². The maximum atomic E-state index is 13.0. The summed E-state index contributed by atoms with van der Waals surface area (Å²) >= 11 is 0. The number of aryl methyl sites for hydroxylation is 1. The highest BCUT2D eigenvalue weighted by Gasteiger charge is 2.39. The number of amides is 2. The fourth-order valence-electron chi connectivity index (χ4n) is 3.99. The van der Waals surface area contributed by atoms with Crippen molar-refractivity contribution in [2.24, 2.45) is 5.92 Å². The second-order valence-electron chi connectivity index (χ2n) is 7.97. The quantitative estimate of drug-likeness (QED) is 0.820. The van der Waals surface area contributed by atoms with Crippen LogP contribution in [-0.2, 0) is 16.0 Å². The van der Waals surface area contributed by atoms with Crippen molar-refractivity contribution in [3.63, 3.8) is 0 Å². The molecule has 5 heteroatoms. The lowest BCUT2D eigenvalue weighted by Gasteiger charge is -2.38. The van der Waals surface area contributed by atoms with E-state index in [9.17, 15) is 9.59 Å². The number of likely N-dealkylation sites (N-methyl/N-ethyl adjacent to an activating group) is 1. The third-order valence-electron chi connectivity index (χ3n) is 5.69. The van der Waals surface area contributed by atoms with Crippen molar-refractivity contribution >= 4 is 11.8 Å². The molecule has 2 amide bonds. The summed E-state index contributed by atoms with van der Waals surface area (Å²) in [7, 11) is 0. The van der Waals surface area contributed by atoms with Crippen LogP contribution >= 0.6 is 0 Å². The van der Waals surface area contributed by atoms with Gasteiger partial charge in [0.15, 0.2) is 6.61 Å². The molecule has 152 valence electrons. The van der Waals surface area contributed by atoms with E-state index in [2.05, 4.69) is 42.6 Å². The van der Waals surface area contributed by atoms with Gasteiger partial charge in [-0.15, -0.1) is 0 Å². The monoisotopic (exact) mass is 392 g/mol. The van der Waals surface area contributed by atoms with Crippen LogP contribution < -0.4 is 10.1 Å². The second-order valence-corrected chi connectivity index (χ2v) is 7.97. The molecule has 0 bridgehead atoms. The van der Waals surface area contributed by atoms with Crippen LogP contribution in [0.15, 0.2) is 42.5 Å². The van der Waals surface area contributed by atoms with Gasteiger partial charge < -0.3 is 15.0 Å². The minimum absolute atomic E-state index is 0.00740. The summed E-state index contributed by atoms with van der Waals surface area (Å²) in [6, 6.07) is 14.3. The van der Waals surface area contributed by atoms with E-state index in [0.717, 1.165) is 36.9 Å². The zero-order chi connectivity index (χ0) is 20.4. The third-order valence-corrected chi connectivity index (χ3v) is 5.69. The molecular formula is C24H28N2O3. The smallest absolute Gasteiger partial charge is 0.257 e. The average Bonchev–Trinajstić information content (AvgIpc) is 3.57. The molecule has 2 aromatic rings. The first-order valence-corrected chi connectivity index (χ1v) is 10.5. The van der Waals surface area contributed by atoms with E-state index in [1.807, 2.05) is 24.0 Å². The van der Waals surface area contributed by atoms with Gasteiger partial charge in [-0.25, -0.2) is 0 Å². The Bertz CT molecular complexity index is 903. The standard InChI is InChI=1S/C24H28N2O3/c1-3-25-22(27)15-29-20-11-10-17-12-13-26(24(28)19-8-9-19)23(21(17)14-20)18-6-4-16(2)5-7-18/h4-7,10-11,14,19,23H,3,8-9,12-13,15H2,1-2H3,(H,25,27). The van der Waals surface area contributed by atoms with Gasteiger partial charge in [-0.2, -0.15) is 0 Å². The molecule has 2 aromatic carbocycles. The minimum atomic E-state index is -0.133. The SMILES string of the molecule is CCNC(=O)COc1ccc2c(c1)C(c1ccc(C)cc1)N(C(=O)C1CC1)CC2. The highest BCUT2D eigenvalue weighted by atomic mass is 16.5. The van der Waals surface area contributed by atoms with Crippen LogP contribution in [-0.4, -0.2) is 36.4 Å². The van der Waals surface area contributed by atoms with Crippen LogP contribution in [0.3, 0.4) is 0 Å². The predicted octanol–water partition coefficient (Wildman–Crippen LogP) is 3.39. The number of nitrogens with one attached hydrogen (secondary N) is 1. The summed E-state index contributed by atoms with van der Waals surface area (Å²) in [4.78, 5) is 26.8. The summed E-state index contributed by atoms with van der Waals surface area (Å²) in [5, 5.41) is 2.74. The maximum Gasteiger partial charge on any atom is 0.257 e. The number of carbonyl (C=O) groups excluding carboxylic acids is 2. The molecule has 1 saturated carbocycles. The van der Waals surface area contributed by atoms with Gasteiger partial charge in [-0.1, -0.05) is 35.9 Å². The topological polar surface area (TPSA) is 58.6 Å². The molecule has 1 aliphatic heterocycles. The Labute approximate surface area is 172 Å². The summed E-state index contributed by atoms with van der Waals surface area (Å²) in [5.41, 5.74) is 4.65. The molecule has 1 fully saturated rings. The molecule has 1 aliphatic carbocycles. The van der Waals surface area contributed by atoms with Crippen LogP contribution in [0.2, 0.25) is 0 Å². The van der Waals surface area contributed by atoms with E-state index in [0.29, 0.717) is 12.3 Å². The molecule has 1 N–H and O–H groups in total. The summed E-state index contributed by atoms with van der Waals surface area (Å²) < 4.78 is 5.73. The average molecular weight is 392 g/mol. The van der Waals surface area contributed by atoms with Crippen molar-refractivity contribution in [1.82, 2.24) is 10.2 Å². The molecule has 1 heterocycles. The maximum absolute atomic E-state index is 13.0. The number of benzene rings is 2. The largest absolute Gasteiger partial charge is 0.484 e. The lowest BCUT2D eigenvalue weighted by Crippen LogP contribution is -2.41. The Hall–Kier alpha value is -2.82. The Morgan fingerprint density at radius 1 is 1.14 bits per heavy atom. The number of carbonyl (C=O) groups is 2. The van der Waals surface area contributed by atoms with Gasteiger partial charge in [0.05, 0.1) is 6.04 Å². The fourth-order valence-corrected chi connectivity index (χ4v) is 3.99. The van der Waals surface area contributed by atoms with Crippen LogP contribution in [0, 0.1) is 12.8 Å². The number of hydrogen-bond acceptors (Lipinski definition) is 3. The van der Waals surface area contributed by atoms with Crippen molar-refractivity contribution < 1.29 is 14.3 Å². The number of rotatable bonds is 6. The molecule has 0 saturated heterocycles. The number of hydrogen-bond donors (Lipinski definition) is 1. The lowest BCUT2D eigenvalue weighted by atomic mass is 9.87. The molecular weight excluding hydrogens is 364 g/mol. The molecule has 1 atom stereocenters. The highest BCUT2D eigenvalue weighted by molar-refractivity contribution is 5.82. The van der Waals surface area contributed by atoms with Crippen LogP contribution in [0.4, 0.5) is 0 Å². The minimum Gasteiger partial charge on any atom is -0.484 e. The molecule has 29 heavy (non-hydrogen) atoms. The van der Waals surface area contributed by atoms with Crippen LogP contribution in [0.1, 0.15) is 48.1 Å². The molecule has 2 aliphatic rings. The fraction of sp³-hybridized carbons (Fsp3) is 0.417. The molecule has 4 rings (SSSR count). The Balaban J connectivity index is 1.66. The van der Waals surface area contributed by atoms with E-state index in [4.69, 9.17) is 4.74 Å². The van der Waals surface area contributed by atoms with Gasteiger partial charge in [-0.3, -0.25) is 9.59 Å². The summed E-state index contributed by atoms with van der Waals surface area (Å²) in [5.74, 6) is 0.968. The van der Waals surface area contributed by atoms with Gasteiger partial charge in [0.1, 0.15) is 5.75 Å². The van der Waals surface area contributed by atoms with E-state index in [1.165, 1.54) is 11.1 Å².